The van der Waals surface area contributed by atoms with Gasteiger partial charge in [0.15, 0.2) is 0 Å². The second-order valence-corrected chi connectivity index (χ2v) is 5.16. The molecule has 5 heteroatoms. The lowest BCUT2D eigenvalue weighted by molar-refractivity contribution is 0.0709. The van der Waals surface area contributed by atoms with Gasteiger partial charge in [-0.15, -0.1) is 0 Å². The first kappa shape index (κ1) is 15.5. The molecule has 0 spiro atoms. The smallest absolute Gasteiger partial charge is 0.255 e. The summed E-state index contributed by atoms with van der Waals surface area (Å²) in [6.07, 6.45) is 0. The van der Waals surface area contributed by atoms with Gasteiger partial charge in [-0.3, -0.25) is 4.79 Å². The largest absolute Gasteiger partial charge is 0.383 e. The number of carbonyl (C=O) groups excluding carboxylic acids is 1. The number of ether oxygens (including phenoxy) is 1. The molecule has 0 N–H and O–H groups in total. The van der Waals surface area contributed by atoms with Crippen LogP contribution in [0.2, 0.25) is 5.02 Å². The number of aryl methyl sites for hydroxylation is 1. The molecular formula is C13H17BrClNO2. The third-order valence-corrected chi connectivity index (χ3v) is 3.23. The van der Waals surface area contributed by atoms with E-state index in [4.69, 9.17) is 16.3 Å². The quantitative estimate of drug-likeness (QED) is 0.748. The summed E-state index contributed by atoms with van der Waals surface area (Å²) in [5.41, 5.74) is 1.58. The molecule has 18 heavy (non-hydrogen) atoms. The average Bonchev–Trinajstić information content (AvgIpc) is 2.33. The van der Waals surface area contributed by atoms with Crippen LogP contribution in [-0.2, 0) is 4.74 Å². The molecule has 0 aromatic heterocycles. The average molecular weight is 335 g/mol. The summed E-state index contributed by atoms with van der Waals surface area (Å²) in [6, 6.07) is 5.47. The molecule has 0 unspecified atom stereocenters. The minimum atomic E-state index is -0.0588. The van der Waals surface area contributed by atoms with Crippen molar-refractivity contribution in [2.45, 2.75) is 6.92 Å². The van der Waals surface area contributed by atoms with Gasteiger partial charge in [0, 0.05) is 25.5 Å². The second-order valence-electron chi connectivity index (χ2n) is 3.96. The van der Waals surface area contributed by atoms with Crippen molar-refractivity contribution in [3.05, 3.63) is 34.3 Å². The van der Waals surface area contributed by atoms with E-state index in [9.17, 15) is 4.79 Å². The fourth-order valence-electron chi connectivity index (χ4n) is 1.58. The van der Waals surface area contributed by atoms with Crippen molar-refractivity contribution in [3.63, 3.8) is 0 Å². The SMILES string of the molecule is COCCN(CCBr)C(=O)c1ccc(C)cc1Cl. The Hall–Kier alpha value is -0.580. The first-order chi connectivity index (χ1) is 8.60. The molecule has 0 aliphatic heterocycles. The van der Waals surface area contributed by atoms with Crippen LogP contribution >= 0.6 is 27.5 Å². The number of rotatable bonds is 6. The number of methoxy groups -OCH3 is 1. The number of hydrogen-bond donors (Lipinski definition) is 0. The molecule has 0 heterocycles. The van der Waals surface area contributed by atoms with Gasteiger partial charge < -0.3 is 9.64 Å². The lowest BCUT2D eigenvalue weighted by Gasteiger charge is -2.22. The zero-order valence-corrected chi connectivity index (χ0v) is 12.9. The minimum absolute atomic E-state index is 0.0588. The summed E-state index contributed by atoms with van der Waals surface area (Å²) in [5, 5.41) is 1.23. The molecule has 0 radical (unpaired) electrons. The van der Waals surface area contributed by atoms with Crippen molar-refractivity contribution in [3.8, 4) is 0 Å². The summed E-state index contributed by atoms with van der Waals surface area (Å²) in [7, 11) is 1.62. The summed E-state index contributed by atoms with van der Waals surface area (Å²) >= 11 is 9.46. The lowest BCUT2D eigenvalue weighted by atomic mass is 10.1. The molecule has 3 nitrogen and oxygen atoms in total. The van der Waals surface area contributed by atoms with E-state index in [0.29, 0.717) is 30.3 Å². The predicted octanol–water partition coefficient (Wildman–Crippen LogP) is 3.13. The van der Waals surface area contributed by atoms with Crippen LogP contribution in [0.15, 0.2) is 18.2 Å². The van der Waals surface area contributed by atoms with E-state index in [2.05, 4.69) is 15.9 Å². The minimum Gasteiger partial charge on any atom is -0.383 e. The highest BCUT2D eigenvalue weighted by Crippen LogP contribution is 2.19. The second kappa shape index (κ2) is 7.77. The van der Waals surface area contributed by atoms with Gasteiger partial charge in [0.05, 0.1) is 17.2 Å². The Kier molecular flexibility index (Phi) is 6.68. The van der Waals surface area contributed by atoms with Gasteiger partial charge in [0.25, 0.3) is 5.91 Å². The molecule has 0 aliphatic carbocycles. The molecule has 1 aromatic carbocycles. The Morgan fingerprint density at radius 1 is 1.44 bits per heavy atom. The molecule has 0 aliphatic rings. The van der Waals surface area contributed by atoms with Crippen molar-refractivity contribution in [1.82, 2.24) is 4.90 Å². The molecule has 100 valence electrons. The number of carbonyl (C=O) groups is 1. The maximum Gasteiger partial charge on any atom is 0.255 e. The van der Waals surface area contributed by atoms with E-state index in [0.717, 1.165) is 10.9 Å². The molecular weight excluding hydrogens is 318 g/mol. The van der Waals surface area contributed by atoms with E-state index in [1.165, 1.54) is 0 Å². The van der Waals surface area contributed by atoms with E-state index < -0.39 is 0 Å². The maximum atomic E-state index is 12.3. The van der Waals surface area contributed by atoms with Crippen molar-refractivity contribution in [2.75, 3.05) is 32.1 Å². The summed E-state index contributed by atoms with van der Waals surface area (Å²) in [4.78, 5) is 14.1. The van der Waals surface area contributed by atoms with E-state index in [-0.39, 0.29) is 5.91 Å². The van der Waals surface area contributed by atoms with Gasteiger partial charge in [-0.2, -0.15) is 0 Å². The molecule has 0 saturated carbocycles. The number of hydrogen-bond acceptors (Lipinski definition) is 2. The highest BCUT2D eigenvalue weighted by atomic mass is 79.9. The maximum absolute atomic E-state index is 12.3. The van der Waals surface area contributed by atoms with Crippen LogP contribution in [0.5, 0.6) is 0 Å². The third kappa shape index (κ3) is 4.26. The molecule has 0 bridgehead atoms. The summed E-state index contributed by atoms with van der Waals surface area (Å²) in [6.45, 7) is 3.65. The van der Waals surface area contributed by atoms with Gasteiger partial charge in [-0.1, -0.05) is 33.6 Å². The lowest BCUT2D eigenvalue weighted by Crippen LogP contribution is -2.35. The zero-order valence-electron chi connectivity index (χ0n) is 10.6. The topological polar surface area (TPSA) is 29.5 Å². The van der Waals surface area contributed by atoms with Crippen molar-refractivity contribution in [1.29, 1.82) is 0 Å². The highest BCUT2D eigenvalue weighted by Gasteiger charge is 2.17. The van der Waals surface area contributed by atoms with Crippen LogP contribution in [-0.4, -0.2) is 42.9 Å². The number of benzene rings is 1. The molecule has 0 saturated heterocycles. The normalized spacial score (nSPS) is 10.4. The van der Waals surface area contributed by atoms with Gasteiger partial charge in [0.2, 0.25) is 0 Å². The van der Waals surface area contributed by atoms with Crippen molar-refractivity contribution in [2.24, 2.45) is 0 Å². The third-order valence-electron chi connectivity index (χ3n) is 2.56. The monoisotopic (exact) mass is 333 g/mol. The van der Waals surface area contributed by atoms with E-state index in [1.54, 1.807) is 24.1 Å². The molecule has 0 fully saturated rings. The van der Waals surface area contributed by atoms with Crippen LogP contribution < -0.4 is 0 Å². The Labute approximate surface area is 121 Å². The van der Waals surface area contributed by atoms with Crippen LogP contribution in [0, 0.1) is 6.92 Å². The number of alkyl halides is 1. The Morgan fingerprint density at radius 3 is 2.72 bits per heavy atom. The van der Waals surface area contributed by atoms with Crippen LogP contribution in [0.1, 0.15) is 15.9 Å². The van der Waals surface area contributed by atoms with Crippen molar-refractivity contribution >= 4 is 33.4 Å². The molecule has 1 amide bonds. The molecule has 1 aromatic rings. The van der Waals surface area contributed by atoms with Gasteiger partial charge in [-0.25, -0.2) is 0 Å². The fourth-order valence-corrected chi connectivity index (χ4v) is 2.33. The van der Waals surface area contributed by atoms with Crippen LogP contribution in [0.25, 0.3) is 0 Å². The first-order valence-electron chi connectivity index (χ1n) is 5.70. The van der Waals surface area contributed by atoms with Gasteiger partial charge in [0.1, 0.15) is 0 Å². The highest BCUT2D eigenvalue weighted by molar-refractivity contribution is 9.09. The number of halogens is 2. The molecule has 1 rings (SSSR count). The van der Waals surface area contributed by atoms with Crippen LogP contribution in [0.3, 0.4) is 0 Å². The standard InChI is InChI=1S/C13H17BrClNO2/c1-10-3-4-11(12(15)9-10)13(17)16(6-5-14)7-8-18-2/h3-4,9H,5-8H2,1-2H3. The zero-order chi connectivity index (χ0) is 13.5. The Bertz CT molecular complexity index is 412. The Balaban J connectivity index is 2.87. The predicted molar refractivity (Wildman–Crippen MR) is 77.8 cm³/mol. The Morgan fingerprint density at radius 2 is 2.17 bits per heavy atom. The van der Waals surface area contributed by atoms with Crippen LogP contribution in [0.4, 0.5) is 0 Å². The number of nitrogens with zero attached hydrogens (tertiary/aromatic N) is 1. The van der Waals surface area contributed by atoms with E-state index in [1.807, 2.05) is 13.0 Å². The molecule has 0 atom stereocenters. The first-order valence-corrected chi connectivity index (χ1v) is 7.20. The van der Waals surface area contributed by atoms with E-state index >= 15 is 0 Å². The van der Waals surface area contributed by atoms with Gasteiger partial charge in [-0.05, 0) is 24.6 Å². The van der Waals surface area contributed by atoms with Gasteiger partial charge >= 0.3 is 0 Å². The summed E-state index contributed by atoms with van der Waals surface area (Å²) in [5.74, 6) is -0.0588. The number of amides is 1. The van der Waals surface area contributed by atoms with Crippen molar-refractivity contribution < 1.29 is 9.53 Å². The summed E-state index contributed by atoms with van der Waals surface area (Å²) < 4.78 is 5.01. The fraction of sp³-hybridized carbons (Fsp3) is 0.462.